The van der Waals surface area contributed by atoms with Crippen molar-refractivity contribution in [2.45, 2.75) is 101 Å². The van der Waals surface area contributed by atoms with Gasteiger partial charge >= 0.3 is 0 Å². The second-order valence-electron chi connectivity index (χ2n) is 11.7. The van der Waals surface area contributed by atoms with E-state index < -0.39 is 0 Å². The van der Waals surface area contributed by atoms with Crippen LogP contribution >= 0.6 is 0 Å². The Labute approximate surface area is 231 Å². The summed E-state index contributed by atoms with van der Waals surface area (Å²) in [6.07, 6.45) is 14.2. The second-order valence-corrected chi connectivity index (χ2v) is 11.7. The number of fused-ring (bicyclic) bond motifs is 1. The fraction of sp³-hybridized carbons (Fsp3) is 0.600. The van der Waals surface area contributed by atoms with Crippen LogP contribution in [0.2, 0.25) is 0 Å². The van der Waals surface area contributed by atoms with Crippen LogP contribution in [0.3, 0.4) is 0 Å². The van der Waals surface area contributed by atoms with Gasteiger partial charge in [0, 0.05) is 43.7 Å². The molecule has 6 rings (SSSR count). The number of benzene rings is 1. The quantitative estimate of drug-likeness (QED) is 0.388. The van der Waals surface area contributed by atoms with Gasteiger partial charge in [0.2, 0.25) is 11.9 Å². The lowest BCUT2D eigenvalue weighted by molar-refractivity contribution is -0.132. The van der Waals surface area contributed by atoms with Gasteiger partial charge in [-0.25, -0.2) is 4.98 Å². The van der Waals surface area contributed by atoms with Crippen molar-refractivity contribution in [3.8, 4) is 0 Å². The third-order valence-electron chi connectivity index (χ3n) is 8.90. The van der Waals surface area contributed by atoms with Crippen LogP contribution in [0.25, 0.3) is 11.2 Å². The van der Waals surface area contributed by atoms with E-state index in [2.05, 4.69) is 27.3 Å². The lowest BCUT2D eigenvalue weighted by Gasteiger charge is -2.33. The minimum atomic E-state index is 0.246. The Morgan fingerprint density at radius 2 is 1.62 bits per heavy atom. The van der Waals surface area contributed by atoms with Crippen molar-refractivity contribution in [3.63, 3.8) is 0 Å². The first kappa shape index (κ1) is 26.0. The summed E-state index contributed by atoms with van der Waals surface area (Å²) in [4.78, 5) is 29.6. The summed E-state index contributed by atoms with van der Waals surface area (Å²) in [5.74, 6) is 1.73. The molecule has 1 aliphatic heterocycles. The van der Waals surface area contributed by atoms with Crippen molar-refractivity contribution in [2.24, 2.45) is 5.73 Å². The molecular formula is C30H42N8O. The van der Waals surface area contributed by atoms with E-state index in [9.17, 15) is 4.79 Å². The molecular weight excluding hydrogens is 488 g/mol. The number of carbonyl (C=O) groups excluding carboxylic acids is 1. The maximum absolute atomic E-state index is 12.8. The Morgan fingerprint density at radius 3 is 2.36 bits per heavy atom. The first-order valence-electron chi connectivity index (χ1n) is 15.0. The fourth-order valence-electron chi connectivity index (χ4n) is 6.50. The molecule has 3 aliphatic rings. The van der Waals surface area contributed by atoms with Crippen LogP contribution in [0.1, 0.15) is 82.2 Å². The van der Waals surface area contributed by atoms with Crippen LogP contribution in [0.15, 0.2) is 36.7 Å². The number of carbonyl (C=O) groups is 1. The summed E-state index contributed by atoms with van der Waals surface area (Å²) in [6.45, 7) is 1.53. The van der Waals surface area contributed by atoms with E-state index in [4.69, 9.17) is 20.7 Å². The van der Waals surface area contributed by atoms with E-state index in [0.717, 1.165) is 75.0 Å². The Morgan fingerprint density at radius 1 is 0.897 bits per heavy atom. The monoisotopic (exact) mass is 530 g/mol. The molecule has 0 spiro atoms. The average Bonchev–Trinajstić information content (AvgIpc) is 3.64. The van der Waals surface area contributed by atoms with Gasteiger partial charge in [0.15, 0.2) is 17.0 Å². The summed E-state index contributed by atoms with van der Waals surface area (Å²) in [6, 6.07) is 11.6. The molecule has 39 heavy (non-hydrogen) atoms. The summed E-state index contributed by atoms with van der Waals surface area (Å²) in [5, 5.41) is 7.32. The maximum atomic E-state index is 12.8. The number of aryl methyl sites for hydroxylation is 1. The van der Waals surface area contributed by atoms with Crippen molar-refractivity contribution in [3.05, 3.63) is 42.2 Å². The molecule has 2 saturated carbocycles. The van der Waals surface area contributed by atoms with Gasteiger partial charge in [-0.3, -0.25) is 4.79 Å². The first-order chi connectivity index (χ1) is 19.1. The third-order valence-corrected chi connectivity index (χ3v) is 8.90. The number of likely N-dealkylation sites (tertiary alicyclic amines) is 1. The van der Waals surface area contributed by atoms with Gasteiger partial charge in [-0.15, -0.1) is 0 Å². The van der Waals surface area contributed by atoms with Gasteiger partial charge in [0.1, 0.15) is 0 Å². The number of hydrogen-bond donors (Lipinski definition) is 3. The SMILES string of the molecule is N[C@H]1CC[C@H](Nc2nc(NC3CCN(C(=O)CCc4ccccc4)CC3)c3ncn(C4CCCC4)c3n2)CC1. The molecule has 9 heteroatoms. The molecule has 0 atom stereocenters. The summed E-state index contributed by atoms with van der Waals surface area (Å²) in [5.41, 5.74) is 9.12. The van der Waals surface area contributed by atoms with Crippen molar-refractivity contribution in [2.75, 3.05) is 23.7 Å². The number of hydrogen-bond acceptors (Lipinski definition) is 7. The van der Waals surface area contributed by atoms with Crippen molar-refractivity contribution in [1.29, 1.82) is 0 Å². The highest BCUT2D eigenvalue weighted by Crippen LogP contribution is 2.34. The minimum absolute atomic E-state index is 0.246. The average molecular weight is 531 g/mol. The predicted octanol–water partition coefficient (Wildman–Crippen LogP) is 4.66. The van der Waals surface area contributed by atoms with Gasteiger partial charge in [-0.1, -0.05) is 43.2 Å². The zero-order chi connectivity index (χ0) is 26.6. The maximum Gasteiger partial charge on any atom is 0.227 e. The molecule has 3 heterocycles. The molecule has 4 N–H and O–H groups in total. The number of anilines is 2. The van der Waals surface area contributed by atoms with Crippen LogP contribution < -0.4 is 16.4 Å². The van der Waals surface area contributed by atoms with E-state index >= 15 is 0 Å². The van der Waals surface area contributed by atoms with E-state index in [-0.39, 0.29) is 11.9 Å². The van der Waals surface area contributed by atoms with Gasteiger partial charge < -0.3 is 25.8 Å². The topological polar surface area (TPSA) is 114 Å². The zero-order valence-corrected chi connectivity index (χ0v) is 22.9. The number of amides is 1. The Kier molecular flexibility index (Phi) is 7.95. The zero-order valence-electron chi connectivity index (χ0n) is 22.9. The molecule has 0 unspecified atom stereocenters. The van der Waals surface area contributed by atoms with Gasteiger partial charge in [0.05, 0.1) is 6.33 Å². The normalized spacial score (nSPS) is 22.8. The highest BCUT2D eigenvalue weighted by molar-refractivity contribution is 5.84. The van der Waals surface area contributed by atoms with Crippen molar-refractivity contribution < 1.29 is 4.79 Å². The smallest absolute Gasteiger partial charge is 0.227 e. The molecule has 3 aromatic rings. The molecule has 3 fully saturated rings. The number of piperidine rings is 1. The molecule has 1 aromatic carbocycles. The van der Waals surface area contributed by atoms with Crippen LogP contribution in [0, 0.1) is 0 Å². The lowest BCUT2D eigenvalue weighted by Crippen LogP contribution is -2.42. The number of imidazole rings is 1. The van der Waals surface area contributed by atoms with Gasteiger partial charge in [-0.05, 0) is 63.4 Å². The highest BCUT2D eigenvalue weighted by Gasteiger charge is 2.27. The number of aromatic nitrogens is 4. The van der Waals surface area contributed by atoms with Crippen molar-refractivity contribution >= 4 is 28.8 Å². The second kappa shape index (κ2) is 11.9. The van der Waals surface area contributed by atoms with E-state index in [0.29, 0.717) is 30.5 Å². The molecule has 0 bridgehead atoms. The van der Waals surface area contributed by atoms with Crippen LogP contribution in [-0.2, 0) is 11.2 Å². The van der Waals surface area contributed by atoms with Crippen LogP contribution in [0.4, 0.5) is 11.8 Å². The molecule has 208 valence electrons. The third kappa shape index (κ3) is 6.19. The number of nitrogens with one attached hydrogen (secondary N) is 2. The Bertz CT molecular complexity index is 1240. The molecule has 2 aromatic heterocycles. The van der Waals surface area contributed by atoms with Crippen LogP contribution in [-0.4, -0.2) is 61.5 Å². The standard InChI is InChI=1S/C30H42N8O/c31-22-11-13-23(14-12-22)34-30-35-28(27-29(36-30)38(20-32-27)25-8-4-5-9-25)33-24-16-18-37(19-17-24)26(39)15-10-21-6-2-1-3-7-21/h1-3,6-7,20,22-25H,4-5,8-19,31H2,(H2,33,34,35,36)/t22-,23-. The molecule has 1 amide bonds. The summed E-state index contributed by atoms with van der Waals surface area (Å²) in [7, 11) is 0. The van der Waals surface area contributed by atoms with E-state index in [1.54, 1.807) is 0 Å². The summed E-state index contributed by atoms with van der Waals surface area (Å²) < 4.78 is 2.27. The van der Waals surface area contributed by atoms with Crippen LogP contribution in [0.5, 0.6) is 0 Å². The molecule has 2 aliphatic carbocycles. The lowest BCUT2D eigenvalue weighted by atomic mass is 9.92. The number of nitrogens with zero attached hydrogens (tertiary/aromatic N) is 5. The highest BCUT2D eigenvalue weighted by atomic mass is 16.2. The largest absolute Gasteiger partial charge is 0.365 e. The Balaban J connectivity index is 1.13. The number of nitrogens with two attached hydrogens (primary N) is 1. The van der Waals surface area contributed by atoms with Gasteiger partial charge in [0.25, 0.3) is 0 Å². The fourth-order valence-corrected chi connectivity index (χ4v) is 6.50. The Hall–Kier alpha value is -3.20. The first-order valence-corrected chi connectivity index (χ1v) is 15.0. The molecule has 0 radical (unpaired) electrons. The molecule has 1 saturated heterocycles. The molecule has 9 nitrogen and oxygen atoms in total. The van der Waals surface area contributed by atoms with Gasteiger partial charge in [-0.2, -0.15) is 9.97 Å². The summed E-state index contributed by atoms with van der Waals surface area (Å²) >= 11 is 0. The van der Waals surface area contributed by atoms with Crippen molar-refractivity contribution in [1.82, 2.24) is 24.4 Å². The van der Waals surface area contributed by atoms with E-state index in [1.165, 1.54) is 31.2 Å². The number of rotatable bonds is 8. The van der Waals surface area contributed by atoms with E-state index in [1.807, 2.05) is 29.4 Å². The minimum Gasteiger partial charge on any atom is -0.365 e. The predicted molar refractivity (Wildman–Crippen MR) is 155 cm³/mol.